The first-order valence-corrected chi connectivity index (χ1v) is 7.08. The van der Waals surface area contributed by atoms with Crippen LogP contribution in [0.1, 0.15) is 13.8 Å². The highest BCUT2D eigenvalue weighted by molar-refractivity contribution is 8.00. The molecule has 0 radical (unpaired) electrons. The molecule has 0 fully saturated rings. The zero-order valence-electron chi connectivity index (χ0n) is 11.0. The predicted octanol–water partition coefficient (Wildman–Crippen LogP) is -0.492. The standard InChI is InChI=1S/C11H23N3O3S/c1-9(2)18-8-10(15)14-6-5-12-3-4-13-7-11(16)17/h9,12-13H,3-8H2,1-2H3,(H,14,15)(H,16,17). The maximum Gasteiger partial charge on any atom is 0.317 e. The second kappa shape index (κ2) is 11.3. The van der Waals surface area contributed by atoms with Crippen LogP contribution in [-0.4, -0.2) is 60.7 Å². The van der Waals surface area contributed by atoms with E-state index in [-0.39, 0.29) is 12.5 Å². The molecule has 0 rings (SSSR count). The highest BCUT2D eigenvalue weighted by atomic mass is 32.2. The van der Waals surface area contributed by atoms with E-state index in [1.165, 1.54) is 0 Å². The number of carboxylic acid groups (broad SMARTS) is 1. The summed E-state index contributed by atoms with van der Waals surface area (Å²) in [6.45, 7) is 6.66. The fourth-order valence-corrected chi connectivity index (χ4v) is 1.67. The summed E-state index contributed by atoms with van der Waals surface area (Å²) in [5, 5.41) is 17.5. The third-order valence-electron chi connectivity index (χ3n) is 1.93. The molecule has 0 aromatic heterocycles. The van der Waals surface area contributed by atoms with Gasteiger partial charge in [0.05, 0.1) is 12.3 Å². The van der Waals surface area contributed by atoms with Crippen LogP contribution in [0.2, 0.25) is 0 Å². The summed E-state index contributed by atoms with van der Waals surface area (Å²) >= 11 is 1.62. The monoisotopic (exact) mass is 277 g/mol. The summed E-state index contributed by atoms with van der Waals surface area (Å²) in [5.74, 6) is -0.304. The Balaban J connectivity index is 3.20. The topological polar surface area (TPSA) is 90.5 Å². The molecule has 0 unspecified atom stereocenters. The average Bonchev–Trinajstić information content (AvgIpc) is 2.29. The minimum absolute atomic E-state index is 0.0230. The molecule has 0 aromatic carbocycles. The minimum Gasteiger partial charge on any atom is -0.480 e. The van der Waals surface area contributed by atoms with E-state index >= 15 is 0 Å². The Morgan fingerprint density at radius 2 is 1.72 bits per heavy atom. The first-order chi connectivity index (χ1) is 8.52. The maximum absolute atomic E-state index is 11.3. The lowest BCUT2D eigenvalue weighted by Crippen LogP contribution is -2.36. The van der Waals surface area contributed by atoms with Crippen molar-refractivity contribution in [2.45, 2.75) is 19.1 Å². The Hall–Kier alpha value is -0.790. The number of hydrogen-bond acceptors (Lipinski definition) is 5. The second-order valence-corrected chi connectivity index (χ2v) is 5.60. The van der Waals surface area contributed by atoms with Crippen molar-refractivity contribution in [3.63, 3.8) is 0 Å². The van der Waals surface area contributed by atoms with Gasteiger partial charge in [-0.15, -0.1) is 11.8 Å². The van der Waals surface area contributed by atoms with Crippen LogP contribution in [0.3, 0.4) is 0 Å². The Labute approximate surface area is 112 Å². The third-order valence-corrected chi connectivity index (χ3v) is 3.02. The van der Waals surface area contributed by atoms with Gasteiger partial charge in [0, 0.05) is 26.2 Å². The molecule has 1 amide bonds. The van der Waals surface area contributed by atoms with E-state index in [0.717, 1.165) is 0 Å². The number of hydrogen-bond donors (Lipinski definition) is 4. The third kappa shape index (κ3) is 13.3. The van der Waals surface area contributed by atoms with Crippen LogP contribution in [-0.2, 0) is 9.59 Å². The number of carbonyl (C=O) groups is 2. The first-order valence-electron chi connectivity index (χ1n) is 6.04. The van der Waals surface area contributed by atoms with E-state index in [0.29, 0.717) is 37.2 Å². The molecule has 0 saturated carbocycles. The van der Waals surface area contributed by atoms with Crippen LogP contribution in [0.5, 0.6) is 0 Å². The fourth-order valence-electron chi connectivity index (χ4n) is 1.08. The van der Waals surface area contributed by atoms with E-state index in [9.17, 15) is 9.59 Å². The number of amides is 1. The van der Waals surface area contributed by atoms with Crippen LogP contribution in [0.25, 0.3) is 0 Å². The summed E-state index contributed by atoms with van der Waals surface area (Å²) < 4.78 is 0. The van der Waals surface area contributed by atoms with Gasteiger partial charge < -0.3 is 21.1 Å². The molecule has 7 heteroatoms. The molecule has 0 saturated heterocycles. The summed E-state index contributed by atoms with van der Waals surface area (Å²) in [5.41, 5.74) is 0. The molecule has 6 nitrogen and oxygen atoms in total. The van der Waals surface area contributed by atoms with E-state index in [2.05, 4.69) is 29.8 Å². The number of thioether (sulfide) groups is 1. The zero-order chi connectivity index (χ0) is 13.8. The van der Waals surface area contributed by atoms with Crippen molar-refractivity contribution >= 4 is 23.6 Å². The molecule has 0 aromatic rings. The van der Waals surface area contributed by atoms with Crippen LogP contribution >= 0.6 is 11.8 Å². The molecule has 18 heavy (non-hydrogen) atoms. The van der Waals surface area contributed by atoms with Crippen molar-refractivity contribution in [3.8, 4) is 0 Å². The van der Waals surface area contributed by atoms with Crippen molar-refractivity contribution < 1.29 is 14.7 Å². The van der Waals surface area contributed by atoms with Gasteiger partial charge in [0.2, 0.25) is 5.91 Å². The van der Waals surface area contributed by atoms with Gasteiger partial charge in [0.15, 0.2) is 0 Å². The van der Waals surface area contributed by atoms with Crippen molar-refractivity contribution in [2.24, 2.45) is 0 Å². The van der Waals surface area contributed by atoms with Gasteiger partial charge in [0.25, 0.3) is 0 Å². The van der Waals surface area contributed by atoms with Crippen molar-refractivity contribution in [3.05, 3.63) is 0 Å². The molecule has 0 heterocycles. The Morgan fingerprint density at radius 3 is 2.33 bits per heavy atom. The Kier molecular flexibility index (Phi) is 10.8. The summed E-state index contributed by atoms with van der Waals surface area (Å²) in [4.78, 5) is 21.5. The molecular formula is C11H23N3O3S. The lowest BCUT2D eigenvalue weighted by atomic mass is 10.5. The molecule has 0 atom stereocenters. The number of aliphatic carboxylic acids is 1. The van der Waals surface area contributed by atoms with Gasteiger partial charge >= 0.3 is 5.97 Å². The SMILES string of the molecule is CC(C)SCC(=O)NCCNCCNCC(=O)O. The summed E-state index contributed by atoms with van der Waals surface area (Å²) in [6.07, 6.45) is 0. The molecule has 0 bridgehead atoms. The van der Waals surface area contributed by atoms with Gasteiger partial charge in [-0.25, -0.2) is 0 Å². The van der Waals surface area contributed by atoms with E-state index in [4.69, 9.17) is 5.11 Å². The summed E-state index contributed by atoms with van der Waals surface area (Å²) in [7, 11) is 0. The van der Waals surface area contributed by atoms with Crippen LogP contribution in [0, 0.1) is 0 Å². The van der Waals surface area contributed by atoms with Gasteiger partial charge in [-0.3, -0.25) is 9.59 Å². The number of nitrogens with one attached hydrogen (secondary N) is 3. The Morgan fingerprint density at radius 1 is 1.11 bits per heavy atom. The van der Waals surface area contributed by atoms with E-state index < -0.39 is 5.97 Å². The number of carbonyl (C=O) groups excluding carboxylic acids is 1. The maximum atomic E-state index is 11.3. The van der Waals surface area contributed by atoms with E-state index in [1.54, 1.807) is 11.8 Å². The predicted molar refractivity (Wildman–Crippen MR) is 74.0 cm³/mol. The first kappa shape index (κ1) is 17.2. The van der Waals surface area contributed by atoms with Gasteiger partial charge in [-0.2, -0.15) is 0 Å². The lowest BCUT2D eigenvalue weighted by molar-refractivity contribution is -0.136. The minimum atomic E-state index is -0.857. The van der Waals surface area contributed by atoms with Crippen LogP contribution in [0.15, 0.2) is 0 Å². The van der Waals surface area contributed by atoms with Crippen LogP contribution in [0.4, 0.5) is 0 Å². The fraction of sp³-hybridized carbons (Fsp3) is 0.818. The quantitative estimate of drug-likeness (QED) is 0.381. The normalized spacial score (nSPS) is 10.6. The molecule has 0 spiro atoms. The number of rotatable bonds is 11. The van der Waals surface area contributed by atoms with Crippen LogP contribution < -0.4 is 16.0 Å². The van der Waals surface area contributed by atoms with Crippen molar-refractivity contribution in [1.29, 1.82) is 0 Å². The van der Waals surface area contributed by atoms with Gasteiger partial charge in [-0.1, -0.05) is 13.8 Å². The highest BCUT2D eigenvalue weighted by Crippen LogP contribution is 2.07. The van der Waals surface area contributed by atoms with Crippen molar-refractivity contribution in [1.82, 2.24) is 16.0 Å². The molecule has 106 valence electrons. The van der Waals surface area contributed by atoms with Gasteiger partial charge in [-0.05, 0) is 5.25 Å². The van der Waals surface area contributed by atoms with Gasteiger partial charge in [0.1, 0.15) is 0 Å². The zero-order valence-corrected chi connectivity index (χ0v) is 11.8. The van der Waals surface area contributed by atoms with Crippen molar-refractivity contribution in [2.75, 3.05) is 38.5 Å². The lowest BCUT2D eigenvalue weighted by Gasteiger charge is -2.08. The second-order valence-electron chi connectivity index (χ2n) is 4.03. The van der Waals surface area contributed by atoms with E-state index in [1.807, 2.05) is 0 Å². The largest absolute Gasteiger partial charge is 0.480 e. The summed E-state index contributed by atoms with van der Waals surface area (Å²) in [6, 6.07) is 0. The molecular weight excluding hydrogens is 254 g/mol. The molecule has 0 aliphatic heterocycles. The highest BCUT2D eigenvalue weighted by Gasteiger charge is 2.02. The molecule has 4 N–H and O–H groups in total. The Bertz CT molecular complexity index is 250. The molecule has 0 aliphatic rings. The number of carboxylic acids is 1. The molecule has 0 aliphatic carbocycles. The average molecular weight is 277 g/mol. The smallest absolute Gasteiger partial charge is 0.317 e.